The van der Waals surface area contributed by atoms with Gasteiger partial charge >= 0.3 is 5.97 Å². The van der Waals surface area contributed by atoms with Crippen LogP contribution in [-0.2, 0) is 26.1 Å². The number of aryl methyl sites for hydroxylation is 1. The number of benzene rings is 2. The first-order valence-electron chi connectivity index (χ1n) is 9.16. The van der Waals surface area contributed by atoms with E-state index in [1.165, 1.54) is 29.9 Å². The Morgan fingerprint density at radius 2 is 1.74 bits per heavy atom. The number of nitrogens with zero attached hydrogens (tertiary/aromatic N) is 4. The second kappa shape index (κ2) is 9.46. The number of amides is 1. The molecule has 3 rings (SSSR count). The third-order valence-corrected chi connectivity index (χ3v) is 6.47. The lowest BCUT2D eigenvalue weighted by molar-refractivity contribution is -0.394. The number of esters is 1. The number of thiazole rings is 1. The van der Waals surface area contributed by atoms with E-state index in [0.717, 1.165) is 23.5 Å². The number of carbonyl (C=O) groups is 2. The smallest absolute Gasteiger partial charge is 0.307 e. The summed E-state index contributed by atoms with van der Waals surface area (Å²) >= 11 is 0.893. The van der Waals surface area contributed by atoms with Gasteiger partial charge in [0.2, 0.25) is 10.0 Å². The summed E-state index contributed by atoms with van der Waals surface area (Å²) in [5.74, 6) is -1.57. The molecule has 1 heterocycles. The van der Waals surface area contributed by atoms with E-state index in [2.05, 4.69) is 9.73 Å². The van der Waals surface area contributed by atoms with Crippen LogP contribution in [0.3, 0.4) is 0 Å². The largest absolute Gasteiger partial charge is 0.469 e. The minimum atomic E-state index is -4.02. The molecule has 1 amide bonds. The summed E-state index contributed by atoms with van der Waals surface area (Å²) in [5.41, 5.74) is -1.30. The normalized spacial score (nSPS) is 12.0. The Hall–Kier alpha value is -4.02. The number of nitro groups is 2. The fourth-order valence-electron chi connectivity index (χ4n) is 2.92. The molecular weight excluding hydrogens is 494 g/mol. The number of non-ortho nitro benzene ring substituents is 2. The molecule has 0 spiro atoms. The fraction of sp³-hybridized carbons (Fsp3) is 0.167. The second-order valence-electron chi connectivity index (χ2n) is 6.71. The number of nitrogens with two attached hydrogens (primary N) is 1. The third kappa shape index (κ3) is 5.30. The van der Waals surface area contributed by atoms with Crippen LogP contribution in [0.25, 0.3) is 10.2 Å². The fourth-order valence-corrected chi connectivity index (χ4v) is 4.63. The zero-order valence-corrected chi connectivity index (χ0v) is 18.9. The Labute approximate surface area is 194 Å². The number of ether oxygens (including phenoxy) is 1. The Kier molecular flexibility index (Phi) is 6.85. The summed E-state index contributed by atoms with van der Waals surface area (Å²) in [5, 5.41) is 27.4. The van der Waals surface area contributed by atoms with Crippen LogP contribution >= 0.6 is 11.3 Å². The highest BCUT2D eigenvalue weighted by atomic mass is 32.2. The molecule has 0 saturated heterocycles. The monoisotopic (exact) mass is 509 g/mol. The molecule has 0 aliphatic heterocycles. The van der Waals surface area contributed by atoms with Crippen LogP contribution in [-0.4, -0.2) is 41.8 Å². The standard InChI is InChI=1S/C18H15N5O9S2/c1-32-16(24)4-5-21-14-3-2-13(34(19,30)31)9-15(14)33-18(21)20-17(25)10-6-11(22(26)27)8-12(7-10)23(28)29/h2-3,6-9H,4-5H2,1H3,(H2,19,30,31). The van der Waals surface area contributed by atoms with Gasteiger partial charge in [0, 0.05) is 18.7 Å². The molecule has 2 N–H and O–H groups in total. The van der Waals surface area contributed by atoms with Crippen molar-refractivity contribution in [2.75, 3.05) is 7.11 Å². The summed E-state index contributed by atoms with van der Waals surface area (Å²) in [6, 6.07) is 6.35. The lowest BCUT2D eigenvalue weighted by Gasteiger charge is -2.05. The van der Waals surface area contributed by atoms with Crippen LogP contribution in [0.2, 0.25) is 0 Å². The van der Waals surface area contributed by atoms with Gasteiger partial charge in [-0.1, -0.05) is 11.3 Å². The van der Waals surface area contributed by atoms with E-state index >= 15 is 0 Å². The molecule has 2 aromatic carbocycles. The highest BCUT2D eigenvalue weighted by molar-refractivity contribution is 7.89. The maximum absolute atomic E-state index is 12.8. The summed E-state index contributed by atoms with van der Waals surface area (Å²) in [6.45, 7) is 0.00257. The highest BCUT2D eigenvalue weighted by Crippen LogP contribution is 2.24. The molecule has 0 atom stereocenters. The van der Waals surface area contributed by atoms with Crippen molar-refractivity contribution < 1.29 is 32.6 Å². The molecular formula is C18H15N5O9S2. The Morgan fingerprint density at radius 3 is 2.26 bits per heavy atom. The number of rotatable bonds is 7. The Morgan fingerprint density at radius 1 is 1.12 bits per heavy atom. The minimum Gasteiger partial charge on any atom is -0.469 e. The molecule has 1 aromatic heterocycles. The van der Waals surface area contributed by atoms with E-state index in [1.54, 1.807) is 0 Å². The van der Waals surface area contributed by atoms with Crippen LogP contribution in [0.4, 0.5) is 11.4 Å². The predicted molar refractivity (Wildman–Crippen MR) is 117 cm³/mol. The number of primary sulfonamides is 1. The lowest BCUT2D eigenvalue weighted by atomic mass is 10.1. The van der Waals surface area contributed by atoms with Crippen molar-refractivity contribution in [3.63, 3.8) is 0 Å². The van der Waals surface area contributed by atoms with Crippen molar-refractivity contribution >= 4 is 54.8 Å². The van der Waals surface area contributed by atoms with E-state index in [1.807, 2.05) is 0 Å². The molecule has 0 unspecified atom stereocenters. The number of fused-ring (bicyclic) bond motifs is 1. The average Bonchev–Trinajstić information content (AvgIpc) is 3.12. The van der Waals surface area contributed by atoms with E-state index in [0.29, 0.717) is 16.3 Å². The van der Waals surface area contributed by atoms with E-state index in [9.17, 15) is 38.2 Å². The molecule has 16 heteroatoms. The summed E-state index contributed by atoms with van der Waals surface area (Å²) in [4.78, 5) is 48.6. The minimum absolute atomic E-state index is 0.00257. The van der Waals surface area contributed by atoms with Crippen molar-refractivity contribution in [1.29, 1.82) is 0 Å². The topological polar surface area (TPSA) is 207 Å². The molecule has 0 fully saturated rings. The summed E-state index contributed by atoms with van der Waals surface area (Å²) in [6.07, 6.45) is -0.108. The first kappa shape index (κ1) is 24.6. The first-order chi connectivity index (χ1) is 15.9. The number of aromatic nitrogens is 1. The van der Waals surface area contributed by atoms with Gasteiger partial charge in [0.05, 0.1) is 50.1 Å². The number of hydrogen-bond acceptors (Lipinski definition) is 10. The van der Waals surface area contributed by atoms with Gasteiger partial charge in [-0.25, -0.2) is 13.6 Å². The van der Waals surface area contributed by atoms with E-state index < -0.39 is 48.7 Å². The zero-order chi connectivity index (χ0) is 25.2. The molecule has 34 heavy (non-hydrogen) atoms. The van der Waals surface area contributed by atoms with Gasteiger partial charge in [0.15, 0.2) is 4.80 Å². The van der Waals surface area contributed by atoms with Crippen molar-refractivity contribution in [2.45, 2.75) is 17.9 Å². The van der Waals surface area contributed by atoms with Gasteiger partial charge in [-0.05, 0) is 18.2 Å². The number of methoxy groups -OCH3 is 1. The van der Waals surface area contributed by atoms with Crippen LogP contribution in [0.1, 0.15) is 16.8 Å². The lowest BCUT2D eigenvalue weighted by Crippen LogP contribution is -2.19. The molecule has 0 saturated carbocycles. The van der Waals surface area contributed by atoms with Crippen LogP contribution in [0.15, 0.2) is 46.3 Å². The van der Waals surface area contributed by atoms with Crippen molar-refractivity contribution in [1.82, 2.24) is 4.57 Å². The van der Waals surface area contributed by atoms with Crippen molar-refractivity contribution in [3.8, 4) is 0 Å². The van der Waals surface area contributed by atoms with Crippen molar-refractivity contribution in [3.05, 3.63) is 67.0 Å². The van der Waals surface area contributed by atoms with E-state index in [-0.39, 0.29) is 22.7 Å². The van der Waals surface area contributed by atoms with Gasteiger partial charge in [-0.15, -0.1) is 0 Å². The van der Waals surface area contributed by atoms with Gasteiger partial charge < -0.3 is 9.30 Å². The molecule has 3 aromatic rings. The molecule has 0 aliphatic carbocycles. The number of sulfonamides is 1. The van der Waals surface area contributed by atoms with E-state index in [4.69, 9.17) is 5.14 Å². The Bertz CT molecular complexity index is 1490. The maximum Gasteiger partial charge on any atom is 0.307 e. The summed E-state index contributed by atoms with van der Waals surface area (Å²) < 4.78 is 29.8. The number of hydrogen-bond donors (Lipinski definition) is 1. The zero-order valence-electron chi connectivity index (χ0n) is 17.2. The van der Waals surface area contributed by atoms with Gasteiger partial charge in [0.1, 0.15) is 0 Å². The van der Waals surface area contributed by atoms with Crippen LogP contribution < -0.4 is 9.94 Å². The first-order valence-corrected chi connectivity index (χ1v) is 11.5. The quantitative estimate of drug-likeness (QED) is 0.277. The van der Waals surface area contributed by atoms with Crippen LogP contribution in [0.5, 0.6) is 0 Å². The number of nitro benzene ring substituents is 2. The van der Waals surface area contributed by atoms with Gasteiger partial charge in [-0.2, -0.15) is 4.99 Å². The highest BCUT2D eigenvalue weighted by Gasteiger charge is 2.20. The maximum atomic E-state index is 12.8. The molecule has 0 radical (unpaired) electrons. The average molecular weight is 509 g/mol. The molecule has 178 valence electrons. The van der Waals surface area contributed by atoms with Crippen molar-refractivity contribution in [2.24, 2.45) is 10.1 Å². The number of carbonyl (C=O) groups excluding carboxylic acids is 2. The van der Waals surface area contributed by atoms with Gasteiger partial charge in [0.25, 0.3) is 17.3 Å². The molecule has 0 aliphatic rings. The predicted octanol–water partition coefficient (Wildman–Crippen LogP) is 1.47. The Balaban J connectivity index is 2.19. The second-order valence-corrected chi connectivity index (χ2v) is 9.28. The summed E-state index contributed by atoms with van der Waals surface area (Å²) in [7, 11) is -2.83. The molecule has 0 bridgehead atoms. The van der Waals surface area contributed by atoms with Crippen LogP contribution in [0, 0.1) is 20.2 Å². The molecule has 14 nitrogen and oxygen atoms in total. The SMILES string of the molecule is COC(=O)CCn1c(=NC(=O)c2cc([N+](=O)[O-])cc([N+](=O)[O-])c2)sc2cc(S(N)(=O)=O)ccc21. The van der Waals surface area contributed by atoms with Gasteiger partial charge in [-0.3, -0.25) is 29.8 Å². The third-order valence-electron chi connectivity index (χ3n) is 4.52.